The Morgan fingerprint density at radius 3 is 2.56 bits per heavy atom. The van der Waals surface area contributed by atoms with Gasteiger partial charge in [-0.2, -0.15) is 4.98 Å². The Bertz CT molecular complexity index is 2330. The molecule has 64 heavy (non-hydrogen) atoms. The fourth-order valence-electron chi connectivity index (χ4n) is 9.91. The van der Waals surface area contributed by atoms with E-state index in [0.717, 1.165) is 74.9 Å². The van der Waals surface area contributed by atoms with Gasteiger partial charge in [-0.1, -0.05) is 37.7 Å². The van der Waals surface area contributed by atoms with Gasteiger partial charge in [-0.05, 0) is 94.3 Å². The summed E-state index contributed by atoms with van der Waals surface area (Å²) in [5.41, 5.74) is 3.97. The van der Waals surface area contributed by atoms with Gasteiger partial charge in [-0.15, -0.1) is 0 Å². The third kappa shape index (κ3) is 9.42. The molecule has 16 nitrogen and oxygen atoms in total. The Labute approximate surface area is 374 Å². The average molecular weight is 874 g/mol. The molecule has 3 aromatic rings. The zero-order valence-electron chi connectivity index (χ0n) is 37.3. The number of aromatic nitrogens is 2. The van der Waals surface area contributed by atoms with Crippen molar-refractivity contribution in [2.75, 3.05) is 56.1 Å². The normalized spacial score (nSPS) is 22.2. The van der Waals surface area contributed by atoms with Crippen LogP contribution < -0.4 is 30.5 Å². The van der Waals surface area contributed by atoms with Crippen LogP contribution in [0.25, 0.3) is 0 Å². The fourth-order valence-corrected chi connectivity index (χ4v) is 9.91. The molecule has 2 saturated carbocycles. The van der Waals surface area contributed by atoms with Gasteiger partial charge >= 0.3 is 0 Å². The maximum absolute atomic E-state index is 13.5. The van der Waals surface area contributed by atoms with Gasteiger partial charge in [0.1, 0.15) is 23.5 Å². The topological polar surface area (TPSA) is 179 Å². The standard InChI is InChI=1S/C48H59N9O7/c1-5-38-47(62)55(3)40-28-49-48(53-43(40)57(38)34-13-6-7-14-34)51-37-21-16-31(27-41(37)63-4)44(59)50-32-17-19-33(20-18-32)54(2)24-26-64-25-9-8-11-30-12-10-15-35-36(30)29-56(46(35)61)39-22-23-42(58)52-45(39)60/h10,12,15-16,21,27-28,32-34,38-39H,5-7,9,13-14,17-20,22-26,29H2,1-4H3,(H,50,59)(H,49,51,53)(H,52,58,60)/t32-,33+,38-,39?/m1/s1. The second-order valence-electron chi connectivity index (χ2n) is 17.5. The molecule has 1 saturated heterocycles. The Morgan fingerprint density at radius 1 is 1.02 bits per heavy atom. The molecule has 1 unspecified atom stereocenters. The van der Waals surface area contributed by atoms with Crippen LogP contribution in [-0.2, 0) is 25.7 Å². The van der Waals surface area contributed by atoms with Crippen molar-refractivity contribution in [1.29, 1.82) is 0 Å². The van der Waals surface area contributed by atoms with Crippen molar-refractivity contribution in [3.63, 3.8) is 0 Å². The van der Waals surface area contributed by atoms with Gasteiger partial charge in [0, 0.05) is 67.8 Å². The number of nitrogens with zero attached hydrogens (tertiary/aromatic N) is 6. The molecule has 5 amide bonds. The molecule has 0 spiro atoms. The van der Waals surface area contributed by atoms with Crippen molar-refractivity contribution < 1.29 is 33.4 Å². The number of rotatable bonds is 14. The number of carbonyl (C=O) groups excluding carboxylic acids is 5. The number of carbonyl (C=O) groups is 5. The SMILES string of the molecule is CC[C@@H]1C(=O)N(C)c2cnc(Nc3ccc(C(=O)N[C@H]4CC[C@@H](N(C)CCOCCC#Cc5cccc6c5CN(C5CCC(=O)NC5=O)C6=O)CC4)cc3OC)nc2N1C1CCCC1. The number of nitrogens with one attached hydrogen (secondary N) is 3. The number of fused-ring (bicyclic) bond motifs is 2. The summed E-state index contributed by atoms with van der Waals surface area (Å²) in [6, 6.07) is 10.6. The molecule has 2 aromatic carbocycles. The number of hydrogen-bond acceptors (Lipinski definition) is 12. The first-order chi connectivity index (χ1) is 31.0. The monoisotopic (exact) mass is 873 g/mol. The first kappa shape index (κ1) is 44.6. The molecule has 338 valence electrons. The highest BCUT2D eigenvalue weighted by Gasteiger charge is 2.42. The number of anilines is 4. The lowest BCUT2D eigenvalue weighted by molar-refractivity contribution is -0.137. The van der Waals surface area contributed by atoms with Gasteiger partial charge < -0.3 is 39.7 Å². The molecular formula is C48H59N9O7. The van der Waals surface area contributed by atoms with Crippen molar-refractivity contribution >= 4 is 52.7 Å². The van der Waals surface area contributed by atoms with Crippen molar-refractivity contribution in [3.05, 3.63) is 64.8 Å². The van der Waals surface area contributed by atoms with Crippen LogP contribution in [0.3, 0.4) is 0 Å². The predicted molar refractivity (Wildman–Crippen MR) is 241 cm³/mol. The molecule has 5 aliphatic rings. The summed E-state index contributed by atoms with van der Waals surface area (Å²) in [4.78, 5) is 81.2. The van der Waals surface area contributed by atoms with Crippen molar-refractivity contribution in [2.45, 2.75) is 121 Å². The van der Waals surface area contributed by atoms with E-state index in [1.807, 2.05) is 19.1 Å². The first-order valence-corrected chi connectivity index (χ1v) is 22.8. The highest BCUT2D eigenvalue weighted by Crippen LogP contribution is 2.40. The zero-order valence-corrected chi connectivity index (χ0v) is 37.3. The molecule has 3 aliphatic heterocycles. The number of methoxy groups -OCH3 is 1. The number of imide groups is 1. The summed E-state index contributed by atoms with van der Waals surface area (Å²) >= 11 is 0. The minimum atomic E-state index is -0.657. The van der Waals surface area contributed by atoms with Gasteiger partial charge in [0.15, 0.2) is 5.82 Å². The lowest BCUT2D eigenvalue weighted by atomic mass is 9.90. The van der Waals surface area contributed by atoms with Crippen LogP contribution in [0.5, 0.6) is 5.75 Å². The second kappa shape index (κ2) is 19.8. The Balaban J connectivity index is 0.771. The molecule has 4 heterocycles. The van der Waals surface area contributed by atoms with E-state index in [2.05, 4.69) is 49.6 Å². The summed E-state index contributed by atoms with van der Waals surface area (Å²) in [5, 5.41) is 8.89. The summed E-state index contributed by atoms with van der Waals surface area (Å²) in [5.74, 6) is 7.01. The van der Waals surface area contributed by atoms with Crippen molar-refractivity contribution in [1.82, 2.24) is 30.4 Å². The number of piperidine rings is 1. The molecule has 2 aliphatic carbocycles. The number of ether oxygens (including phenoxy) is 2. The van der Waals surface area contributed by atoms with Crippen LogP contribution in [0.4, 0.5) is 23.1 Å². The average Bonchev–Trinajstić information content (AvgIpc) is 3.96. The molecule has 3 fully saturated rings. The molecular weight excluding hydrogens is 815 g/mol. The van der Waals surface area contributed by atoms with Crippen LogP contribution in [0.1, 0.15) is 116 Å². The summed E-state index contributed by atoms with van der Waals surface area (Å²) in [7, 11) is 5.48. The van der Waals surface area contributed by atoms with Crippen LogP contribution in [0.15, 0.2) is 42.6 Å². The van der Waals surface area contributed by atoms with Gasteiger partial charge in [-0.25, -0.2) is 4.98 Å². The number of amides is 5. The van der Waals surface area contributed by atoms with E-state index in [1.54, 1.807) is 54.4 Å². The van der Waals surface area contributed by atoms with Crippen LogP contribution >= 0.6 is 0 Å². The van der Waals surface area contributed by atoms with Crippen LogP contribution in [0, 0.1) is 11.8 Å². The highest BCUT2D eigenvalue weighted by atomic mass is 16.5. The molecule has 3 N–H and O–H groups in total. The van der Waals surface area contributed by atoms with Crippen molar-refractivity contribution in [2.24, 2.45) is 0 Å². The molecule has 0 bridgehead atoms. The Morgan fingerprint density at radius 2 is 1.81 bits per heavy atom. The minimum absolute atomic E-state index is 0.0685. The van der Waals surface area contributed by atoms with E-state index in [0.29, 0.717) is 79.3 Å². The third-order valence-corrected chi connectivity index (χ3v) is 13.5. The lowest BCUT2D eigenvalue weighted by Crippen LogP contribution is -2.55. The fraction of sp³-hybridized carbons (Fsp3) is 0.521. The second-order valence-corrected chi connectivity index (χ2v) is 17.5. The Kier molecular flexibility index (Phi) is 13.8. The number of likely N-dealkylation sites (N-methyl/N-ethyl adjacent to an activating group) is 2. The van der Waals surface area contributed by atoms with E-state index >= 15 is 0 Å². The summed E-state index contributed by atoms with van der Waals surface area (Å²) in [6.07, 6.45) is 11.5. The maximum Gasteiger partial charge on any atom is 0.255 e. The Hall–Kier alpha value is -6.05. The molecule has 8 rings (SSSR count). The molecule has 16 heteroatoms. The van der Waals surface area contributed by atoms with E-state index in [4.69, 9.17) is 14.5 Å². The van der Waals surface area contributed by atoms with Gasteiger partial charge in [0.2, 0.25) is 23.7 Å². The quantitative estimate of drug-likeness (QED) is 0.113. The van der Waals surface area contributed by atoms with E-state index < -0.39 is 11.9 Å². The largest absolute Gasteiger partial charge is 0.495 e. The molecule has 1 aromatic heterocycles. The number of hydrogen-bond donors (Lipinski definition) is 3. The maximum atomic E-state index is 13.5. The van der Waals surface area contributed by atoms with E-state index in [-0.39, 0.29) is 48.2 Å². The van der Waals surface area contributed by atoms with Gasteiger partial charge in [0.05, 0.1) is 32.2 Å². The summed E-state index contributed by atoms with van der Waals surface area (Å²) < 4.78 is 11.7. The van der Waals surface area contributed by atoms with Crippen LogP contribution in [-0.4, -0.2) is 120 Å². The first-order valence-electron chi connectivity index (χ1n) is 22.8. The van der Waals surface area contributed by atoms with Gasteiger partial charge in [-0.3, -0.25) is 29.3 Å². The minimum Gasteiger partial charge on any atom is -0.495 e. The van der Waals surface area contributed by atoms with Gasteiger partial charge in [0.25, 0.3) is 11.8 Å². The van der Waals surface area contributed by atoms with E-state index in [1.165, 1.54) is 0 Å². The number of benzene rings is 2. The van der Waals surface area contributed by atoms with E-state index in [9.17, 15) is 24.0 Å². The smallest absolute Gasteiger partial charge is 0.255 e. The summed E-state index contributed by atoms with van der Waals surface area (Å²) in [6.45, 7) is 4.18. The lowest BCUT2D eigenvalue weighted by Gasteiger charge is -2.43. The predicted octanol–water partition coefficient (Wildman–Crippen LogP) is 4.93. The zero-order chi connectivity index (χ0) is 44.9. The third-order valence-electron chi connectivity index (χ3n) is 13.5. The molecule has 0 radical (unpaired) electrons. The highest BCUT2D eigenvalue weighted by molar-refractivity contribution is 6.06. The van der Waals surface area contributed by atoms with Crippen molar-refractivity contribution in [3.8, 4) is 17.6 Å². The van der Waals surface area contributed by atoms with Crippen LogP contribution in [0.2, 0.25) is 0 Å². The molecule has 2 atom stereocenters.